The lowest BCUT2D eigenvalue weighted by molar-refractivity contribution is 0.636. The zero-order valence-electron chi connectivity index (χ0n) is 10.8. The average molecular weight is 225 g/mol. The Labute approximate surface area is 96.6 Å². The summed E-state index contributed by atoms with van der Waals surface area (Å²) in [6, 6.07) is 4.37. The molecule has 1 aliphatic rings. The normalized spacial score (nSPS) is 16.7. The lowest BCUT2D eigenvalue weighted by atomic mass is 10.4. The van der Waals surface area contributed by atoms with Gasteiger partial charge >= 0.3 is 0 Å². The standard InChI is InChI=1S/C13H27NSi/c1-5-9-15(10-6-2,11-13(3)4)12-14-7-8-14/h3,5-12H2,1-2,4H3. The molecule has 15 heavy (non-hydrogen) atoms. The Hall–Kier alpha value is -0.0831. The third-order valence-corrected chi connectivity index (χ3v) is 8.93. The maximum Gasteiger partial charge on any atom is 0.0729 e. The zero-order valence-corrected chi connectivity index (χ0v) is 11.8. The summed E-state index contributed by atoms with van der Waals surface area (Å²) in [5.74, 6) is 0. The van der Waals surface area contributed by atoms with Crippen molar-refractivity contribution in [2.45, 2.75) is 51.7 Å². The van der Waals surface area contributed by atoms with Crippen LogP contribution in [0.25, 0.3) is 0 Å². The summed E-state index contributed by atoms with van der Waals surface area (Å²) in [5.41, 5.74) is 1.42. The molecule has 1 nitrogen and oxygen atoms in total. The highest BCUT2D eigenvalue weighted by Gasteiger charge is 2.35. The first-order chi connectivity index (χ1) is 7.12. The van der Waals surface area contributed by atoms with Crippen LogP contribution in [0, 0.1) is 0 Å². The molecule has 1 saturated heterocycles. The fourth-order valence-corrected chi connectivity index (χ4v) is 8.62. The SMILES string of the molecule is C=C(C)C[Si](CCC)(CCC)CN1CC1. The molecule has 1 rings (SSSR count). The van der Waals surface area contributed by atoms with Gasteiger partial charge in [0.05, 0.1) is 8.07 Å². The van der Waals surface area contributed by atoms with Crippen molar-refractivity contribution in [3.8, 4) is 0 Å². The molecule has 0 N–H and O–H groups in total. The van der Waals surface area contributed by atoms with Gasteiger partial charge in [0.2, 0.25) is 0 Å². The highest BCUT2D eigenvalue weighted by atomic mass is 28.3. The zero-order chi connectivity index (χ0) is 11.3. The van der Waals surface area contributed by atoms with Gasteiger partial charge in [0.15, 0.2) is 0 Å². The first-order valence-electron chi connectivity index (χ1n) is 6.48. The number of hydrogen-bond donors (Lipinski definition) is 0. The van der Waals surface area contributed by atoms with E-state index in [-0.39, 0.29) is 0 Å². The molecule has 2 heteroatoms. The van der Waals surface area contributed by atoms with Gasteiger partial charge < -0.3 is 4.90 Å². The van der Waals surface area contributed by atoms with Crippen molar-refractivity contribution in [2.24, 2.45) is 0 Å². The van der Waals surface area contributed by atoms with E-state index < -0.39 is 8.07 Å². The Balaban J connectivity index is 2.61. The fraction of sp³-hybridized carbons (Fsp3) is 0.846. The summed E-state index contributed by atoms with van der Waals surface area (Å²) in [4.78, 5) is 2.64. The second kappa shape index (κ2) is 5.85. The summed E-state index contributed by atoms with van der Waals surface area (Å²) in [6.07, 6.45) is 4.18. The van der Waals surface area contributed by atoms with Crippen molar-refractivity contribution < 1.29 is 0 Å². The lowest BCUT2D eigenvalue weighted by Gasteiger charge is -2.32. The molecular formula is C13H27NSi. The molecule has 0 radical (unpaired) electrons. The Morgan fingerprint density at radius 1 is 1.20 bits per heavy atom. The fourth-order valence-electron chi connectivity index (χ4n) is 2.92. The highest BCUT2D eigenvalue weighted by Crippen LogP contribution is 2.30. The second-order valence-electron chi connectivity index (χ2n) is 5.41. The molecule has 0 aromatic rings. The number of hydrogen-bond acceptors (Lipinski definition) is 1. The van der Waals surface area contributed by atoms with E-state index in [1.807, 2.05) is 0 Å². The largest absolute Gasteiger partial charge is 0.304 e. The first-order valence-corrected chi connectivity index (χ1v) is 9.31. The molecule has 1 aliphatic heterocycles. The van der Waals surface area contributed by atoms with Crippen LogP contribution in [0.15, 0.2) is 12.2 Å². The van der Waals surface area contributed by atoms with E-state index in [1.165, 1.54) is 55.8 Å². The van der Waals surface area contributed by atoms with E-state index >= 15 is 0 Å². The van der Waals surface area contributed by atoms with E-state index in [9.17, 15) is 0 Å². The molecule has 0 spiro atoms. The molecule has 0 aromatic heterocycles. The predicted molar refractivity (Wildman–Crippen MR) is 72.0 cm³/mol. The quantitative estimate of drug-likeness (QED) is 0.346. The summed E-state index contributed by atoms with van der Waals surface area (Å²) >= 11 is 0. The number of allylic oxidation sites excluding steroid dienone is 1. The smallest absolute Gasteiger partial charge is 0.0729 e. The van der Waals surface area contributed by atoms with Gasteiger partial charge in [-0.3, -0.25) is 0 Å². The summed E-state index contributed by atoms with van der Waals surface area (Å²) in [7, 11) is -1.03. The number of nitrogens with zero attached hydrogens (tertiary/aromatic N) is 1. The van der Waals surface area contributed by atoms with E-state index in [2.05, 4.69) is 32.3 Å². The molecule has 1 heterocycles. The highest BCUT2D eigenvalue weighted by molar-refractivity contribution is 6.80. The third-order valence-electron chi connectivity index (χ3n) is 3.34. The maximum absolute atomic E-state index is 4.15. The predicted octanol–water partition coefficient (Wildman–Crippen LogP) is 3.69. The van der Waals surface area contributed by atoms with Gasteiger partial charge in [0.25, 0.3) is 0 Å². The lowest BCUT2D eigenvalue weighted by Crippen LogP contribution is -2.42. The molecule has 1 fully saturated rings. The summed E-state index contributed by atoms with van der Waals surface area (Å²) in [5, 5.41) is 0. The molecular weight excluding hydrogens is 198 g/mol. The molecule has 0 aromatic carbocycles. The van der Waals surface area contributed by atoms with Crippen molar-refractivity contribution in [2.75, 3.05) is 19.3 Å². The molecule has 0 aliphatic carbocycles. The van der Waals surface area contributed by atoms with Gasteiger partial charge in [-0.1, -0.05) is 44.4 Å². The van der Waals surface area contributed by atoms with Crippen LogP contribution in [0.3, 0.4) is 0 Å². The van der Waals surface area contributed by atoms with E-state index in [1.54, 1.807) is 0 Å². The van der Waals surface area contributed by atoms with Crippen molar-refractivity contribution in [1.29, 1.82) is 0 Å². The Morgan fingerprint density at radius 3 is 2.07 bits per heavy atom. The minimum atomic E-state index is -1.03. The number of rotatable bonds is 8. The second-order valence-corrected chi connectivity index (χ2v) is 10.1. The average Bonchev–Trinajstić information content (AvgIpc) is 2.87. The Kier molecular flexibility index (Phi) is 5.07. The molecule has 0 amide bonds. The summed E-state index contributed by atoms with van der Waals surface area (Å²) in [6.45, 7) is 13.8. The van der Waals surface area contributed by atoms with Gasteiger partial charge in [-0.25, -0.2) is 0 Å². The monoisotopic (exact) mass is 225 g/mol. The van der Waals surface area contributed by atoms with Crippen molar-refractivity contribution in [3.05, 3.63) is 12.2 Å². The molecule has 88 valence electrons. The molecule has 0 unspecified atom stereocenters. The molecule has 0 saturated carbocycles. The maximum atomic E-state index is 4.15. The van der Waals surface area contributed by atoms with Crippen molar-refractivity contribution in [1.82, 2.24) is 4.90 Å². The van der Waals surface area contributed by atoms with Crippen LogP contribution in [0.4, 0.5) is 0 Å². The van der Waals surface area contributed by atoms with Gasteiger partial charge in [0, 0.05) is 13.1 Å². The van der Waals surface area contributed by atoms with Crippen LogP contribution in [0.2, 0.25) is 18.1 Å². The van der Waals surface area contributed by atoms with E-state index in [0.29, 0.717) is 0 Å². The van der Waals surface area contributed by atoms with Gasteiger partial charge in [-0.2, -0.15) is 0 Å². The first kappa shape index (κ1) is 13.0. The van der Waals surface area contributed by atoms with Crippen LogP contribution in [0.1, 0.15) is 33.6 Å². The Morgan fingerprint density at radius 2 is 1.73 bits per heavy atom. The topological polar surface area (TPSA) is 3.01 Å². The molecule has 0 bridgehead atoms. The van der Waals surface area contributed by atoms with Crippen LogP contribution in [-0.4, -0.2) is 32.2 Å². The third kappa shape index (κ3) is 4.52. The summed E-state index contributed by atoms with van der Waals surface area (Å²) < 4.78 is 0. The van der Waals surface area contributed by atoms with Crippen LogP contribution in [0.5, 0.6) is 0 Å². The van der Waals surface area contributed by atoms with E-state index in [0.717, 1.165) is 0 Å². The molecule has 0 atom stereocenters. The van der Waals surface area contributed by atoms with Gasteiger partial charge in [0.1, 0.15) is 0 Å². The Bertz CT molecular complexity index is 203. The van der Waals surface area contributed by atoms with Gasteiger partial charge in [-0.15, -0.1) is 6.58 Å². The van der Waals surface area contributed by atoms with E-state index in [4.69, 9.17) is 0 Å². The van der Waals surface area contributed by atoms with Crippen LogP contribution < -0.4 is 0 Å². The van der Waals surface area contributed by atoms with Crippen LogP contribution in [-0.2, 0) is 0 Å². The van der Waals surface area contributed by atoms with Crippen LogP contribution >= 0.6 is 0 Å². The van der Waals surface area contributed by atoms with Crippen molar-refractivity contribution in [3.63, 3.8) is 0 Å². The minimum Gasteiger partial charge on any atom is -0.304 e. The van der Waals surface area contributed by atoms with Crippen molar-refractivity contribution >= 4 is 8.07 Å². The van der Waals surface area contributed by atoms with Gasteiger partial charge in [-0.05, 0) is 19.1 Å². The minimum absolute atomic E-state index is 1.03.